The first kappa shape index (κ1) is 20.1. The third-order valence-electron chi connectivity index (χ3n) is 6.48. The highest BCUT2D eigenvalue weighted by atomic mass is 32.1. The smallest absolute Gasteiger partial charge is 0.272 e. The van der Waals surface area contributed by atoms with Gasteiger partial charge in [0.1, 0.15) is 0 Å². The zero-order chi connectivity index (χ0) is 20.1. The molecule has 0 N–H and O–H groups in total. The molecule has 3 atom stereocenters. The van der Waals surface area contributed by atoms with Crippen LogP contribution in [0.1, 0.15) is 58.0 Å². The highest BCUT2D eigenvalue weighted by molar-refractivity contribution is 7.15. The summed E-state index contributed by atoms with van der Waals surface area (Å²) in [5.74, 6) is 0.354. The minimum Gasteiger partial charge on any atom is -0.324 e. The molecule has 4 heterocycles. The Labute approximate surface area is 170 Å². The topological polar surface area (TPSA) is 0 Å². The van der Waals surface area contributed by atoms with E-state index in [2.05, 4.69) is 20.2 Å². The highest BCUT2D eigenvalue weighted by Crippen LogP contribution is 2.45. The minimum atomic E-state index is -2.51. The van der Waals surface area contributed by atoms with E-state index in [1.807, 2.05) is 0 Å². The largest absolute Gasteiger partial charge is 0.324 e. The Morgan fingerprint density at radius 1 is 0.893 bits per heavy atom. The van der Waals surface area contributed by atoms with Crippen LogP contribution in [0.5, 0.6) is 0 Å². The van der Waals surface area contributed by atoms with Crippen LogP contribution in [0.2, 0.25) is 0 Å². The van der Waals surface area contributed by atoms with Crippen LogP contribution in [0.4, 0.5) is 17.6 Å². The van der Waals surface area contributed by atoms with Crippen LogP contribution >= 0.6 is 22.7 Å². The SMILES string of the molecule is C[N+]1(C)[C@@H]2CC[C@H]1CC(C=C(c1ccc(C(F)F)s1)c1ccc(C(F)F)s1)C2. The standard InChI is InChI=1S/C21H24F4NS2/c1-26(2)13-3-4-14(26)10-12(9-13)11-15(16-5-7-18(27-16)20(22)23)17-6-8-19(28-17)21(24)25/h5-8,11-14,20-21H,3-4,9-10H2,1-2H3/q+1/t12?,13-,14+. The van der Waals surface area contributed by atoms with Gasteiger partial charge in [-0.2, -0.15) is 0 Å². The number of fused-ring (bicyclic) bond motifs is 2. The van der Waals surface area contributed by atoms with Gasteiger partial charge in [0.2, 0.25) is 0 Å². The molecule has 0 radical (unpaired) electrons. The minimum absolute atomic E-state index is 0.0213. The number of hydrogen-bond acceptors (Lipinski definition) is 2. The summed E-state index contributed by atoms with van der Waals surface area (Å²) < 4.78 is 53.5. The van der Waals surface area contributed by atoms with Crippen molar-refractivity contribution in [3.05, 3.63) is 49.9 Å². The molecule has 1 unspecified atom stereocenters. The molecular weight excluding hydrogens is 406 g/mol. The third-order valence-corrected chi connectivity index (χ3v) is 8.73. The number of alkyl halides is 4. The summed E-state index contributed by atoms with van der Waals surface area (Å²) in [6.45, 7) is 0. The van der Waals surface area contributed by atoms with Gasteiger partial charge in [0, 0.05) is 41.0 Å². The maximum atomic E-state index is 13.1. The van der Waals surface area contributed by atoms with Gasteiger partial charge in [-0.15, -0.1) is 22.7 Å². The molecule has 2 saturated heterocycles. The van der Waals surface area contributed by atoms with Crippen molar-refractivity contribution >= 4 is 28.2 Å². The van der Waals surface area contributed by atoms with Crippen LogP contribution in [0.15, 0.2) is 30.3 Å². The first-order chi connectivity index (χ1) is 13.3. The summed E-state index contributed by atoms with van der Waals surface area (Å²) in [5, 5.41) is 0. The van der Waals surface area contributed by atoms with Crippen molar-refractivity contribution in [2.75, 3.05) is 14.1 Å². The molecular formula is C21H24F4NS2+. The number of piperidine rings is 1. The number of rotatable bonds is 5. The fraction of sp³-hybridized carbons (Fsp3) is 0.524. The number of allylic oxidation sites excluding steroid dienone is 1. The molecule has 4 rings (SSSR count). The molecule has 0 aromatic carbocycles. The predicted octanol–water partition coefficient (Wildman–Crippen LogP) is 7.13. The molecule has 0 amide bonds. The fourth-order valence-electron chi connectivity index (χ4n) is 4.81. The Morgan fingerprint density at radius 2 is 1.36 bits per heavy atom. The molecule has 0 spiro atoms. The number of thiophene rings is 2. The molecule has 2 aliphatic rings. The summed E-state index contributed by atoms with van der Waals surface area (Å²) in [5.41, 5.74) is 0.838. The van der Waals surface area contributed by atoms with E-state index < -0.39 is 12.9 Å². The van der Waals surface area contributed by atoms with Crippen LogP contribution in [-0.4, -0.2) is 30.7 Å². The van der Waals surface area contributed by atoms with Gasteiger partial charge in [-0.05, 0) is 30.2 Å². The lowest BCUT2D eigenvalue weighted by atomic mass is 9.87. The van der Waals surface area contributed by atoms with Gasteiger partial charge in [0.25, 0.3) is 12.9 Å². The van der Waals surface area contributed by atoms with Crippen molar-refractivity contribution in [1.82, 2.24) is 0 Å². The molecule has 2 aromatic heterocycles. The Morgan fingerprint density at radius 3 is 1.75 bits per heavy atom. The zero-order valence-electron chi connectivity index (χ0n) is 15.9. The Hall–Kier alpha value is -1.18. The van der Waals surface area contributed by atoms with Gasteiger partial charge < -0.3 is 4.48 Å². The van der Waals surface area contributed by atoms with E-state index >= 15 is 0 Å². The maximum absolute atomic E-state index is 13.1. The van der Waals surface area contributed by atoms with Crippen molar-refractivity contribution in [2.24, 2.45) is 5.92 Å². The van der Waals surface area contributed by atoms with Crippen LogP contribution < -0.4 is 0 Å². The van der Waals surface area contributed by atoms with Crippen molar-refractivity contribution in [3.8, 4) is 0 Å². The van der Waals surface area contributed by atoms with E-state index in [1.165, 1.54) is 25.0 Å². The van der Waals surface area contributed by atoms with Crippen LogP contribution in [0.25, 0.3) is 5.57 Å². The van der Waals surface area contributed by atoms with Crippen LogP contribution in [-0.2, 0) is 0 Å². The first-order valence-corrected chi connectivity index (χ1v) is 11.2. The quantitative estimate of drug-likeness (QED) is 0.349. The monoisotopic (exact) mass is 430 g/mol. The van der Waals surface area contributed by atoms with E-state index in [4.69, 9.17) is 0 Å². The molecule has 2 fully saturated rings. The Kier molecular flexibility index (Phi) is 5.44. The van der Waals surface area contributed by atoms with E-state index in [0.29, 0.717) is 18.0 Å². The lowest BCUT2D eigenvalue weighted by Crippen LogP contribution is -2.54. The number of quaternary nitrogens is 1. The molecule has 1 nitrogen and oxygen atoms in total. The molecule has 152 valence electrons. The molecule has 28 heavy (non-hydrogen) atoms. The molecule has 2 aliphatic heterocycles. The second kappa shape index (κ2) is 7.58. The van der Waals surface area contributed by atoms with Crippen LogP contribution in [0, 0.1) is 5.92 Å². The second-order valence-corrected chi connectivity index (χ2v) is 10.6. The molecule has 7 heteroatoms. The Bertz CT molecular complexity index is 803. The normalized spacial score (nSPS) is 26.2. The summed E-state index contributed by atoms with van der Waals surface area (Å²) in [7, 11) is 4.59. The first-order valence-electron chi connectivity index (χ1n) is 9.57. The summed E-state index contributed by atoms with van der Waals surface area (Å²) in [6, 6.07) is 7.53. The Balaban J connectivity index is 1.69. The number of hydrogen-bond donors (Lipinski definition) is 0. The van der Waals surface area contributed by atoms with Crippen LogP contribution in [0.3, 0.4) is 0 Å². The van der Waals surface area contributed by atoms with Gasteiger partial charge in [-0.1, -0.05) is 6.08 Å². The predicted molar refractivity (Wildman–Crippen MR) is 107 cm³/mol. The third kappa shape index (κ3) is 3.68. The van der Waals surface area contributed by atoms with E-state index in [-0.39, 0.29) is 9.75 Å². The van der Waals surface area contributed by atoms with Gasteiger partial charge in [0.15, 0.2) is 0 Å². The van der Waals surface area contributed by atoms with Crippen molar-refractivity contribution in [2.45, 2.75) is 50.6 Å². The average Bonchev–Trinajstić information content (AvgIpc) is 3.31. The maximum Gasteiger partial charge on any atom is 0.272 e. The van der Waals surface area contributed by atoms with Gasteiger partial charge >= 0.3 is 0 Å². The second-order valence-electron chi connectivity index (χ2n) is 8.33. The molecule has 0 saturated carbocycles. The lowest BCUT2D eigenvalue weighted by Gasteiger charge is -2.43. The number of nitrogens with zero attached hydrogens (tertiary/aromatic N) is 1. The van der Waals surface area contributed by atoms with E-state index in [0.717, 1.165) is 55.3 Å². The molecule has 2 aromatic rings. The van der Waals surface area contributed by atoms with Crippen molar-refractivity contribution in [1.29, 1.82) is 0 Å². The van der Waals surface area contributed by atoms with Gasteiger partial charge in [-0.3, -0.25) is 0 Å². The van der Waals surface area contributed by atoms with E-state index in [9.17, 15) is 17.6 Å². The zero-order valence-corrected chi connectivity index (χ0v) is 17.5. The lowest BCUT2D eigenvalue weighted by molar-refractivity contribution is -0.931. The van der Waals surface area contributed by atoms with Crippen molar-refractivity contribution < 1.29 is 22.0 Å². The van der Waals surface area contributed by atoms with Gasteiger partial charge in [0.05, 0.1) is 35.9 Å². The summed E-state index contributed by atoms with van der Waals surface area (Å²) >= 11 is 2.13. The van der Waals surface area contributed by atoms with Gasteiger partial charge in [-0.25, -0.2) is 17.6 Å². The summed E-state index contributed by atoms with van der Waals surface area (Å²) in [6.07, 6.45) is 1.72. The average molecular weight is 431 g/mol. The fourth-order valence-corrected chi connectivity index (χ4v) is 6.68. The molecule has 2 bridgehead atoms. The summed E-state index contributed by atoms with van der Waals surface area (Å²) in [4.78, 5) is 1.52. The highest BCUT2D eigenvalue weighted by Gasteiger charge is 2.48. The van der Waals surface area contributed by atoms with Crippen molar-refractivity contribution in [3.63, 3.8) is 0 Å². The molecule has 0 aliphatic carbocycles. The number of halogens is 4. The van der Waals surface area contributed by atoms with E-state index in [1.54, 1.807) is 12.1 Å².